The zero-order valence-corrected chi connectivity index (χ0v) is 25.2. The lowest BCUT2D eigenvalue weighted by Crippen LogP contribution is -2.35. The molecule has 1 fully saturated rings. The number of ether oxygens (including phenoxy) is 2. The number of alkyl halides is 2. The summed E-state index contributed by atoms with van der Waals surface area (Å²) in [5, 5.41) is 14.4. The Morgan fingerprint density at radius 2 is 1.85 bits per heavy atom. The fourth-order valence-corrected chi connectivity index (χ4v) is 5.76. The van der Waals surface area contributed by atoms with Crippen LogP contribution in [-0.2, 0) is 31.0 Å². The Balaban J connectivity index is 1.14. The Hall–Kier alpha value is -5.50. The number of aromatic carboxylic acids is 1. The first-order valence-corrected chi connectivity index (χ1v) is 15.0. The summed E-state index contributed by atoms with van der Waals surface area (Å²) in [6, 6.07) is 16.0. The zero-order chi connectivity index (χ0) is 33.5. The van der Waals surface area contributed by atoms with Crippen molar-refractivity contribution < 1.29 is 36.9 Å². The van der Waals surface area contributed by atoms with Crippen molar-refractivity contribution >= 4 is 27.8 Å². The highest BCUT2D eigenvalue weighted by Gasteiger charge is 2.24. The summed E-state index contributed by atoms with van der Waals surface area (Å²) >= 11 is 0. The van der Waals surface area contributed by atoms with Crippen molar-refractivity contribution in [3.05, 3.63) is 112 Å². The van der Waals surface area contributed by atoms with Crippen molar-refractivity contribution in [3.8, 4) is 17.1 Å². The predicted octanol–water partition coefficient (Wildman–Crippen LogP) is 5.87. The molecule has 1 N–H and O–H groups in total. The van der Waals surface area contributed by atoms with Crippen LogP contribution in [0.2, 0.25) is 0 Å². The zero-order valence-electron chi connectivity index (χ0n) is 25.2. The van der Waals surface area contributed by atoms with Crippen LogP contribution in [0.4, 0.5) is 17.6 Å². The summed E-state index contributed by atoms with van der Waals surface area (Å²) in [5.41, 5.74) is 0.951. The minimum absolute atomic E-state index is 0.0124. The Morgan fingerprint density at radius 1 is 1.02 bits per heavy atom. The first-order chi connectivity index (χ1) is 23.1. The van der Waals surface area contributed by atoms with Crippen LogP contribution < -0.4 is 10.3 Å². The Kier molecular flexibility index (Phi) is 8.17. The number of nitrogens with zero attached hydrogens (tertiary/aromatic N) is 5. The van der Waals surface area contributed by atoms with Crippen molar-refractivity contribution in [2.75, 3.05) is 6.61 Å². The summed E-state index contributed by atoms with van der Waals surface area (Å²) < 4.78 is 72.4. The van der Waals surface area contributed by atoms with Crippen molar-refractivity contribution in [2.24, 2.45) is 0 Å². The minimum atomic E-state index is -2.56. The molecule has 1 unspecified atom stereocenters. The second kappa shape index (κ2) is 12.6. The number of pyridine rings is 1. The van der Waals surface area contributed by atoms with Crippen molar-refractivity contribution in [1.29, 1.82) is 0 Å². The van der Waals surface area contributed by atoms with Crippen LogP contribution in [0.15, 0.2) is 77.7 Å². The second-order valence-electron chi connectivity index (χ2n) is 11.4. The molecule has 10 nitrogen and oxygen atoms in total. The van der Waals surface area contributed by atoms with Crippen LogP contribution in [0.25, 0.3) is 33.1 Å². The molecule has 0 bridgehead atoms. The van der Waals surface area contributed by atoms with E-state index in [-0.39, 0.29) is 59.5 Å². The van der Waals surface area contributed by atoms with E-state index >= 15 is 8.78 Å². The van der Waals surface area contributed by atoms with E-state index in [0.29, 0.717) is 28.6 Å². The molecule has 0 radical (unpaired) electrons. The SMILES string of the molecule is O=C(O)c1ccc2c(=O)n(Cc3cc(F)c(-c4cccc(OCc5ccc6cnn(CC(F)F)c6c5)n4)cc3F)n(CC3CCO3)c2c1. The van der Waals surface area contributed by atoms with E-state index in [2.05, 4.69) is 10.1 Å². The number of carboxylic acids is 1. The van der Waals surface area contributed by atoms with E-state index in [0.717, 1.165) is 18.6 Å². The molecule has 0 spiro atoms. The summed E-state index contributed by atoms with van der Waals surface area (Å²) in [4.78, 5) is 29.4. The van der Waals surface area contributed by atoms with E-state index < -0.39 is 36.1 Å². The maximum Gasteiger partial charge on any atom is 0.335 e. The van der Waals surface area contributed by atoms with Gasteiger partial charge in [-0.05, 0) is 54.4 Å². The lowest BCUT2D eigenvalue weighted by molar-refractivity contribution is -0.0618. The van der Waals surface area contributed by atoms with Crippen LogP contribution in [-0.4, -0.2) is 54.3 Å². The quantitative estimate of drug-likeness (QED) is 0.173. The number of hydrogen-bond acceptors (Lipinski definition) is 6. The minimum Gasteiger partial charge on any atom is -0.478 e. The van der Waals surface area contributed by atoms with Crippen LogP contribution in [0.3, 0.4) is 0 Å². The van der Waals surface area contributed by atoms with Gasteiger partial charge in [0.1, 0.15) is 24.8 Å². The first kappa shape index (κ1) is 31.1. The summed E-state index contributed by atoms with van der Waals surface area (Å²) in [6.45, 7) is -0.0369. The third kappa shape index (κ3) is 6.01. The smallest absolute Gasteiger partial charge is 0.335 e. The van der Waals surface area contributed by atoms with E-state index in [9.17, 15) is 23.5 Å². The molecule has 14 heteroatoms. The van der Waals surface area contributed by atoms with Gasteiger partial charge in [-0.1, -0.05) is 18.2 Å². The van der Waals surface area contributed by atoms with Crippen LogP contribution in [0, 0.1) is 11.6 Å². The van der Waals surface area contributed by atoms with Gasteiger partial charge in [0.25, 0.3) is 12.0 Å². The first-order valence-electron chi connectivity index (χ1n) is 15.0. The molecule has 0 saturated carbocycles. The molecular weight excluding hydrogens is 634 g/mol. The van der Waals surface area contributed by atoms with Gasteiger partial charge in [0.05, 0.1) is 53.1 Å². The van der Waals surface area contributed by atoms with Gasteiger partial charge in [0.15, 0.2) is 0 Å². The molecule has 48 heavy (non-hydrogen) atoms. The summed E-state index contributed by atoms with van der Waals surface area (Å²) in [6.07, 6.45) is -0.524. The van der Waals surface area contributed by atoms with Gasteiger partial charge in [-0.3, -0.25) is 14.2 Å². The number of carbonyl (C=O) groups is 1. The lowest BCUT2D eigenvalue weighted by Gasteiger charge is -2.28. The van der Waals surface area contributed by atoms with E-state index in [1.54, 1.807) is 35.0 Å². The Morgan fingerprint density at radius 3 is 2.60 bits per heavy atom. The number of carboxylic acid groups (broad SMARTS) is 1. The van der Waals surface area contributed by atoms with Gasteiger partial charge in [0.2, 0.25) is 5.88 Å². The van der Waals surface area contributed by atoms with Gasteiger partial charge in [-0.25, -0.2) is 32.0 Å². The average molecular weight is 662 g/mol. The van der Waals surface area contributed by atoms with Gasteiger partial charge >= 0.3 is 5.97 Å². The highest BCUT2D eigenvalue weighted by molar-refractivity contribution is 5.93. The van der Waals surface area contributed by atoms with Crippen LogP contribution in [0.1, 0.15) is 27.9 Å². The maximum atomic E-state index is 15.6. The predicted molar refractivity (Wildman–Crippen MR) is 166 cm³/mol. The van der Waals surface area contributed by atoms with Crippen LogP contribution in [0.5, 0.6) is 5.88 Å². The Bertz CT molecular complexity index is 2240. The molecule has 246 valence electrons. The highest BCUT2D eigenvalue weighted by Crippen LogP contribution is 2.28. The number of benzene rings is 3. The van der Waals surface area contributed by atoms with E-state index in [1.807, 2.05) is 0 Å². The van der Waals surface area contributed by atoms with Gasteiger partial charge in [-0.15, -0.1) is 0 Å². The third-order valence-corrected chi connectivity index (χ3v) is 8.31. The molecule has 1 saturated heterocycles. The molecule has 1 aliphatic rings. The van der Waals surface area contributed by atoms with Gasteiger partial charge < -0.3 is 14.6 Å². The van der Waals surface area contributed by atoms with Crippen molar-refractivity contribution in [2.45, 2.75) is 45.2 Å². The van der Waals surface area contributed by atoms with E-state index in [1.165, 1.54) is 39.8 Å². The molecule has 0 amide bonds. The normalized spacial score (nSPS) is 14.6. The summed E-state index contributed by atoms with van der Waals surface area (Å²) in [5.74, 6) is -2.58. The topological polar surface area (TPSA) is 113 Å². The number of aromatic nitrogens is 5. The molecule has 4 heterocycles. The van der Waals surface area contributed by atoms with Crippen molar-refractivity contribution in [1.82, 2.24) is 24.1 Å². The van der Waals surface area contributed by atoms with E-state index in [4.69, 9.17) is 9.47 Å². The number of rotatable bonds is 11. The lowest BCUT2D eigenvalue weighted by atomic mass is 10.1. The third-order valence-electron chi connectivity index (χ3n) is 8.31. The van der Waals surface area contributed by atoms with Gasteiger partial charge in [0, 0.05) is 29.2 Å². The summed E-state index contributed by atoms with van der Waals surface area (Å²) in [7, 11) is 0. The molecule has 1 aliphatic heterocycles. The molecule has 1 atom stereocenters. The molecule has 6 aromatic rings. The van der Waals surface area contributed by atoms with Gasteiger partial charge in [-0.2, -0.15) is 5.10 Å². The Labute approximate surface area is 269 Å². The number of hydrogen-bond donors (Lipinski definition) is 1. The molecule has 0 aliphatic carbocycles. The maximum absolute atomic E-state index is 15.6. The second-order valence-corrected chi connectivity index (χ2v) is 11.4. The standard InChI is InChI=1S/C34H27F4N5O5/c35-26-13-25(28-2-1-3-32(40-28)48-18-19-4-5-21-14-39-41(17-31(37)38)29(21)10-19)27(36)11-22(26)15-43-33(44)24-7-6-20(34(45)46)12-30(24)42(43)16-23-8-9-47-23/h1-7,10-14,23,31H,8-9,15-18H2,(H,45,46). The molecular formula is C34H27F4N5O5. The molecule has 3 aromatic heterocycles. The van der Waals surface area contributed by atoms with Crippen molar-refractivity contribution in [3.63, 3.8) is 0 Å². The fourth-order valence-electron chi connectivity index (χ4n) is 5.76. The highest BCUT2D eigenvalue weighted by atomic mass is 19.3. The fraction of sp³-hybridized carbons (Fsp3) is 0.235. The molecule has 3 aromatic carbocycles. The number of fused-ring (bicyclic) bond motifs is 2. The monoisotopic (exact) mass is 661 g/mol. The number of halogens is 4. The average Bonchev–Trinajstić information content (AvgIpc) is 3.56. The largest absolute Gasteiger partial charge is 0.478 e. The molecule has 7 rings (SSSR count). The van der Waals surface area contributed by atoms with Crippen LogP contribution >= 0.6 is 0 Å².